The first-order valence-electron chi connectivity index (χ1n) is 7.66. The number of carbonyl (C=O) groups excluding carboxylic acids is 1. The fourth-order valence-electron chi connectivity index (χ4n) is 2.88. The quantitative estimate of drug-likeness (QED) is 0.724. The van der Waals surface area contributed by atoms with E-state index in [0.29, 0.717) is 18.5 Å². The van der Waals surface area contributed by atoms with Gasteiger partial charge in [0.1, 0.15) is 12.2 Å². The van der Waals surface area contributed by atoms with Crippen LogP contribution in [0.5, 0.6) is 0 Å². The molecule has 1 saturated carbocycles. The molecule has 0 aromatic carbocycles. The van der Waals surface area contributed by atoms with Gasteiger partial charge in [0.25, 0.3) is 18.1 Å². The van der Waals surface area contributed by atoms with Crippen molar-refractivity contribution in [1.82, 2.24) is 14.8 Å². The van der Waals surface area contributed by atoms with Crippen LogP contribution in [0.15, 0.2) is 9.57 Å². The van der Waals surface area contributed by atoms with Crippen molar-refractivity contribution in [3.63, 3.8) is 0 Å². The Hall–Kier alpha value is -1.56. The van der Waals surface area contributed by atoms with Crippen molar-refractivity contribution in [3.8, 4) is 0 Å². The second-order valence-electron chi connectivity index (χ2n) is 6.35. The second-order valence-corrected chi connectivity index (χ2v) is 7.14. The molecule has 144 valence electrons. The Bertz CT molecular complexity index is 774. The first kappa shape index (κ1) is 19.2. The summed E-state index contributed by atoms with van der Waals surface area (Å²) in [7, 11) is 0. The molecule has 3 rings (SSSR count). The first-order chi connectivity index (χ1) is 12.0. The van der Waals surface area contributed by atoms with E-state index < -0.39 is 42.9 Å². The maximum atomic E-state index is 13.2. The van der Waals surface area contributed by atoms with Crippen LogP contribution >= 0.6 is 15.9 Å². The van der Waals surface area contributed by atoms with Crippen LogP contribution in [0.1, 0.15) is 49.9 Å². The van der Waals surface area contributed by atoms with E-state index in [0.717, 1.165) is 4.68 Å². The summed E-state index contributed by atoms with van der Waals surface area (Å²) >= 11 is 3.04. The van der Waals surface area contributed by atoms with Crippen LogP contribution in [-0.2, 0) is 11.3 Å². The van der Waals surface area contributed by atoms with Crippen molar-refractivity contribution in [2.45, 2.75) is 57.0 Å². The lowest BCUT2D eigenvalue weighted by Crippen LogP contribution is -2.57. The van der Waals surface area contributed by atoms with E-state index in [1.54, 1.807) is 0 Å². The number of alkyl halides is 5. The molecule has 0 bridgehead atoms. The van der Waals surface area contributed by atoms with E-state index in [9.17, 15) is 31.9 Å². The molecule has 1 aromatic rings. The summed E-state index contributed by atoms with van der Waals surface area (Å²) in [5, 5.41) is 17.1. The molecular formula is C14H14BrF5N4O2. The van der Waals surface area contributed by atoms with Gasteiger partial charge >= 0.3 is 6.18 Å². The Balaban J connectivity index is 1.92. The van der Waals surface area contributed by atoms with Gasteiger partial charge in [-0.2, -0.15) is 28.4 Å². The summed E-state index contributed by atoms with van der Waals surface area (Å²) in [5.41, 5.74) is -3.77. The Morgan fingerprint density at radius 1 is 1.42 bits per heavy atom. The zero-order valence-electron chi connectivity index (χ0n) is 13.4. The summed E-state index contributed by atoms with van der Waals surface area (Å²) in [6.07, 6.45) is -7.49. The molecule has 26 heavy (non-hydrogen) atoms. The first-order valence-corrected chi connectivity index (χ1v) is 8.45. The third-order valence-corrected chi connectivity index (χ3v) is 5.04. The standard InChI is InChI=1S/C14H14BrF5N4O2/c1-6-4-13(26,14(18,19)20)24(21-6)8(25)5-23-11(7-2-3-7)9(15)10(22-23)12(16)17/h7,12,26H,2-5H2,1H3/t13-/m1/s1. The van der Waals surface area contributed by atoms with Crippen LogP contribution in [0.25, 0.3) is 0 Å². The van der Waals surface area contributed by atoms with Gasteiger partial charge in [-0.05, 0) is 35.7 Å². The summed E-state index contributed by atoms with van der Waals surface area (Å²) < 4.78 is 66.8. The van der Waals surface area contributed by atoms with E-state index >= 15 is 0 Å². The molecular weight excluding hydrogens is 431 g/mol. The third kappa shape index (κ3) is 3.13. The van der Waals surface area contributed by atoms with Crippen molar-refractivity contribution < 1.29 is 31.9 Å². The largest absolute Gasteiger partial charge is 0.438 e. The zero-order valence-corrected chi connectivity index (χ0v) is 15.0. The Kier molecular flexibility index (Phi) is 4.62. The highest BCUT2D eigenvalue weighted by molar-refractivity contribution is 9.10. The van der Waals surface area contributed by atoms with E-state index in [4.69, 9.17) is 0 Å². The van der Waals surface area contributed by atoms with Gasteiger partial charge in [-0.15, -0.1) is 0 Å². The van der Waals surface area contributed by atoms with Crippen LogP contribution in [0, 0.1) is 0 Å². The summed E-state index contributed by atoms with van der Waals surface area (Å²) in [5.74, 6) is -1.29. The zero-order chi connectivity index (χ0) is 19.4. The monoisotopic (exact) mass is 444 g/mol. The molecule has 0 unspecified atom stereocenters. The number of aliphatic hydroxyl groups is 1. The summed E-state index contributed by atoms with van der Waals surface area (Å²) in [6.45, 7) is 0.505. The van der Waals surface area contributed by atoms with Crippen LogP contribution in [0.3, 0.4) is 0 Å². The number of carbonyl (C=O) groups is 1. The molecule has 0 spiro atoms. The van der Waals surface area contributed by atoms with Crippen LogP contribution in [-0.4, -0.2) is 43.4 Å². The van der Waals surface area contributed by atoms with Crippen molar-refractivity contribution >= 4 is 27.5 Å². The lowest BCUT2D eigenvalue weighted by Gasteiger charge is -2.32. The molecule has 1 fully saturated rings. The molecule has 1 aliphatic carbocycles. The van der Waals surface area contributed by atoms with Crippen molar-refractivity contribution in [1.29, 1.82) is 0 Å². The van der Waals surface area contributed by atoms with Gasteiger partial charge in [0, 0.05) is 18.1 Å². The molecule has 0 saturated heterocycles. The number of amides is 1. The molecule has 1 aromatic heterocycles. The second kappa shape index (κ2) is 6.25. The lowest BCUT2D eigenvalue weighted by molar-refractivity contribution is -0.302. The van der Waals surface area contributed by atoms with Gasteiger partial charge in [-0.1, -0.05) is 0 Å². The fourth-order valence-corrected chi connectivity index (χ4v) is 3.66. The van der Waals surface area contributed by atoms with E-state index in [-0.39, 0.29) is 21.1 Å². The topological polar surface area (TPSA) is 70.7 Å². The van der Waals surface area contributed by atoms with E-state index in [2.05, 4.69) is 26.1 Å². The number of aromatic nitrogens is 2. The van der Waals surface area contributed by atoms with Gasteiger partial charge in [0.15, 0.2) is 0 Å². The predicted octanol–water partition coefficient (Wildman–Crippen LogP) is 3.32. The highest BCUT2D eigenvalue weighted by atomic mass is 79.9. The number of halogens is 6. The van der Waals surface area contributed by atoms with Crippen LogP contribution < -0.4 is 0 Å². The van der Waals surface area contributed by atoms with Gasteiger partial charge in [0.05, 0.1) is 10.2 Å². The number of hydrogen-bond acceptors (Lipinski definition) is 4. The Labute approximate surface area is 152 Å². The predicted molar refractivity (Wildman–Crippen MR) is 82.4 cm³/mol. The Morgan fingerprint density at radius 2 is 2.04 bits per heavy atom. The normalized spacial score (nSPS) is 23.7. The lowest BCUT2D eigenvalue weighted by atomic mass is 10.1. The van der Waals surface area contributed by atoms with Crippen LogP contribution in [0.2, 0.25) is 0 Å². The van der Waals surface area contributed by atoms with E-state index in [1.165, 1.54) is 6.92 Å². The molecule has 1 atom stereocenters. The smallest absolute Gasteiger partial charge is 0.362 e. The minimum absolute atomic E-state index is 0.0311. The molecule has 0 radical (unpaired) electrons. The molecule has 12 heteroatoms. The van der Waals surface area contributed by atoms with Crippen molar-refractivity contribution in [3.05, 3.63) is 15.9 Å². The average molecular weight is 445 g/mol. The SMILES string of the molecule is CC1=NN(C(=O)Cn2nc(C(F)F)c(Br)c2C2CC2)[C@](O)(C(F)(F)F)C1. The molecule has 2 aliphatic rings. The van der Waals surface area contributed by atoms with Gasteiger partial charge < -0.3 is 5.11 Å². The van der Waals surface area contributed by atoms with Gasteiger partial charge in [-0.25, -0.2) is 8.78 Å². The minimum Gasteiger partial charge on any atom is -0.362 e. The number of hydrogen-bond donors (Lipinski definition) is 1. The minimum atomic E-state index is -5.12. The fraction of sp³-hybridized carbons (Fsp3) is 0.643. The molecule has 6 nitrogen and oxygen atoms in total. The highest BCUT2D eigenvalue weighted by Gasteiger charge is 2.62. The van der Waals surface area contributed by atoms with Crippen LogP contribution in [0.4, 0.5) is 22.0 Å². The molecule has 1 N–H and O–H groups in total. The number of rotatable bonds is 4. The molecule has 1 amide bonds. The summed E-state index contributed by atoms with van der Waals surface area (Å²) in [6, 6.07) is 0. The maximum Gasteiger partial charge on any atom is 0.438 e. The highest BCUT2D eigenvalue weighted by Crippen LogP contribution is 2.46. The third-order valence-electron chi connectivity index (χ3n) is 4.23. The van der Waals surface area contributed by atoms with Crippen molar-refractivity contribution in [2.24, 2.45) is 5.10 Å². The maximum absolute atomic E-state index is 13.2. The summed E-state index contributed by atoms with van der Waals surface area (Å²) in [4.78, 5) is 12.4. The van der Waals surface area contributed by atoms with Crippen molar-refractivity contribution in [2.75, 3.05) is 0 Å². The van der Waals surface area contributed by atoms with Gasteiger partial charge in [0.2, 0.25) is 0 Å². The molecule has 1 aliphatic heterocycles. The van der Waals surface area contributed by atoms with Gasteiger partial charge in [-0.3, -0.25) is 9.48 Å². The number of hydrazone groups is 1. The Morgan fingerprint density at radius 3 is 2.54 bits per heavy atom. The average Bonchev–Trinajstić information content (AvgIpc) is 3.20. The van der Waals surface area contributed by atoms with E-state index in [1.807, 2.05) is 0 Å². The molecule has 2 heterocycles. The number of nitrogens with zero attached hydrogens (tertiary/aromatic N) is 4.